The molecule has 2 aromatic rings. The average molecular weight is 279 g/mol. The molecule has 0 aromatic heterocycles. The molecule has 0 fully saturated rings. The van der Waals surface area contributed by atoms with Crippen LogP contribution in [0.3, 0.4) is 0 Å². The maximum atomic E-state index is 11.2. The highest BCUT2D eigenvalue weighted by molar-refractivity contribution is 7.98. The summed E-state index contributed by atoms with van der Waals surface area (Å²) in [4.78, 5) is 12.3. The Balaban J connectivity index is 2.54. The molecule has 2 aromatic carbocycles. The third-order valence-electron chi connectivity index (χ3n) is 2.61. The fourth-order valence-electron chi connectivity index (χ4n) is 1.71. The molecule has 4 heteroatoms. The van der Waals surface area contributed by atoms with Gasteiger partial charge in [0.05, 0.1) is 5.56 Å². The molecular formula is C14H11ClO2S. The summed E-state index contributed by atoms with van der Waals surface area (Å²) in [6.45, 7) is 0. The molecule has 92 valence electrons. The molecule has 0 aliphatic heterocycles. The van der Waals surface area contributed by atoms with Crippen LogP contribution in [-0.2, 0) is 0 Å². The summed E-state index contributed by atoms with van der Waals surface area (Å²) >= 11 is 7.58. The van der Waals surface area contributed by atoms with Crippen LogP contribution in [0.1, 0.15) is 10.4 Å². The van der Waals surface area contributed by atoms with Gasteiger partial charge in [0.1, 0.15) is 0 Å². The summed E-state index contributed by atoms with van der Waals surface area (Å²) in [5.74, 6) is -0.949. The Hall–Kier alpha value is -1.45. The number of hydrogen-bond acceptors (Lipinski definition) is 2. The number of halogens is 1. The van der Waals surface area contributed by atoms with Crippen LogP contribution < -0.4 is 0 Å². The van der Waals surface area contributed by atoms with Gasteiger partial charge >= 0.3 is 5.97 Å². The average Bonchev–Trinajstić information content (AvgIpc) is 2.38. The number of benzene rings is 2. The first kappa shape index (κ1) is 13.0. The zero-order valence-corrected chi connectivity index (χ0v) is 11.3. The lowest BCUT2D eigenvalue weighted by molar-refractivity contribution is 0.0698. The Morgan fingerprint density at radius 3 is 2.39 bits per heavy atom. The van der Waals surface area contributed by atoms with Crippen LogP contribution >= 0.6 is 23.4 Å². The number of hydrogen-bond donors (Lipinski definition) is 1. The van der Waals surface area contributed by atoms with Crippen molar-refractivity contribution in [2.75, 3.05) is 6.26 Å². The SMILES string of the molecule is CSc1ccc(-c2cc(Cl)ccc2C(=O)O)cc1. The predicted molar refractivity (Wildman–Crippen MR) is 75.6 cm³/mol. The first-order chi connectivity index (χ1) is 8.61. The van der Waals surface area contributed by atoms with E-state index in [-0.39, 0.29) is 5.56 Å². The Kier molecular flexibility index (Phi) is 3.94. The van der Waals surface area contributed by atoms with E-state index >= 15 is 0 Å². The molecule has 0 heterocycles. The molecule has 2 nitrogen and oxygen atoms in total. The largest absolute Gasteiger partial charge is 0.478 e. The molecule has 0 aliphatic carbocycles. The summed E-state index contributed by atoms with van der Waals surface area (Å²) in [7, 11) is 0. The molecule has 0 aliphatic rings. The van der Waals surface area contributed by atoms with Crippen molar-refractivity contribution in [3.05, 3.63) is 53.1 Å². The summed E-state index contributed by atoms with van der Waals surface area (Å²) in [5.41, 5.74) is 1.76. The lowest BCUT2D eigenvalue weighted by atomic mass is 10.00. The van der Waals surface area contributed by atoms with Crippen molar-refractivity contribution in [3.8, 4) is 11.1 Å². The van der Waals surface area contributed by atoms with Crippen molar-refractivity contribution >= 4 is 29.3 Å². The number of rotatable bonds is 3. The van der Waals surface area contributed by atoms with Gasteiger partial charge in [0.15, 0.2) is 0 Å². The quantitative estimate of drug-likeness (QED) is 0.844. The maximum absolute atomic E-state index is 11.2. The van der Waals surface area contributed by atoms with E-state index in [4.69, 9.17) is 11.6 Å². The van der Waals surface area contributed by atoms with Crippen molar-refractivity contribution in [2.45, 2.75) is 4.90 Å². The van der Waals surface area contributed by atoms with Crippen molar-refractivity contribution in [1.82, 2.24) is 0 Å². The van der Waals surface area contributed by atoms with Gasteiger partial charge in [-0.1, -0.05) is 23.7 Å². The smallest absolute Gasteiger partial charge is 0.336 e. The molecule has 0 saturated carbocycles. The molecule has 0 amide bonds. The van der Waals surface area contributed by atoms with Crippen LogP contribution in [0, 0.1) is 0 Å². The van der Waals surface area contributed by atoms with E-state index in [0.29, 0.717) is 10.6 Å². The van der Waals surface area contributed by atoms with E-state index in [2.05, 4.69) is 0 Å². The molecule has 0 bridgehead atoms. The third kappa shape index (κ3) is 2.68. The summed E-state index contributed by atoms with van der Waals surface area (Å²) < 4.78 is 0. The second kappa shape index (κ2) is 5.46. The first-order valence-electron chi connectivity index (χ1n) is 5.29. The van der Waals surface area contributed by atoms with Gasteiger partial charge in [-0.2, -0.15) is 0 Å². The minimum absolute atomic E-state index is 0.260. The van der Waals surface area contributed by atoms with E-state index in [1.165, 1.54) is 6.07 Å². The van der Waals surface area contributed by atoms with Crippen LogP contribution in [-0.4, -0.2) is 17.3 Å². The van der Waals surface area contributed by atoms with Crippen LogP contribution in [0.2, 0.25) is 5.02 Å². The van der Waals surface area contributed by atoms with Crippen LogP contribution in [0.25, 0.3) is 11.1 Å². The first-order valence-corrected chi connectivity index (χ1v) is 6.89. The minimum atomic E-state index is -0.949. The standard InChI is InChI=1S/C14H11ClO2S/c1-18-11-5-2-9(3-6-11)13-8-10(15)4-7-12(13)14(16)17/h2-8H,1H3,(H,16,17). The second-order valence-corrected chi connectivity index (χ2v) is 5.04. The highest BCUT2D eigenvalue weighted by Crippen LogP contribution is 2.28. The van der Waals surface area contributed by atoms with Crippen molar-refractivity contribution < 1.29 is 9.90 Å². The van der Waals surface area contributed by atoms with Gasteiger partial charge in [0.25, 0.3) is 0 Å². The molecule has 18 heavy (non-hydrogen) atoms. The van der Waals surface area contributed by atoms with Gasteiger partial charge in [-0.25, -0.2) is 4.79 Å². The predicted octanol–water partition coefficient (Wildman–Crippen LogP) is 4.43. The van der Waals surface area contributed by atoms with Gasteiger partial charge in [-0.05, 0) is 47.7 Å². The van der Waals surface area contributed by atoms with Crippen LogP contribution in [0.15, 0.2) is 47.4 Å². The van der Waals surface area contributed by atoms with Crippen LogP contribution in [0.5, 0.6) is 0 Å². The summed E-state index contributed by atoms with van der Waals surface area (Å²) in [5, 5.41) is 9.70. The van der Waals surface area contributed by atoms with E-state index in [1.807, 2.05) is 30.5 Å². The van der Waals surface area contributed by atoms with Crippen molar-refractivity contribution in [1.29, 1.82) is 0 Å². The summed E-state index contributed by atoms with van der Waals surface area (Å²) in [6, 6.07) is 12.5. The van der Waals surface area contributed by atoms with Gasteiger partial charge in [-0.3, -0.25) is 0 Å². The Morgan fingerprint density at radius 2 is 1.83 bits per heavy atom. The third-order valence-corrected chi connectivity index (χ3v) is 3.59. The van der Waals surface area contributed by atoms with Crippen LogP contribution in [0.4, 0.5) is 0 Å². The lowest BCUT2D eigenvalue weighted by Gasteiger charge is -2.07. The minimum Gasteiger partial charge on any atom is -0.478 e. The molecular weight excluding hydrogens is 268 g/mol. The van der Waals surface area contributed by atoms with E-state index < -0.39 is 5.97 Å². The van der Waals surface area contributed by atoms with E-state index in [1.54, 1.807) is 23.9 Å². The normalized spacial score (nSPS) is 10.3. The fourth-order valence-corrected chi connectivity index (χ4v) is 2.29. The van der Waals surface area contributed by atoms with Crippen molar-refractivity contribution in [2.24, 2.45) is 0 Å². The molecule has 0 atom stereocenters. The fraction of sp³-hybridized carbons (Fsp3) is 0.0714. The molecule has 1 N–H and O–H groups in total. The Labute approximate surface area is 115 Å². The Morgan fingerprint density at radius 1 is 1.17 bits per heavy atom. The number of carboxylic acids is 1. The maximum Gasteiger partial charge on any atom is 0.336 e. The van der Waals surface area contributed by atoms with E-state index in [0.717, 1.165) is 10.5 Å². The number of carboxylic acid groups (broad SMARTS) is 1. The zero-order valence-electron chi connectivity index (χ0n) is 9.68. The highest BCUT2D eigenvalue weighted by atomic mass is 35.5. The van der Waals surface area contributed by atoms with E-state index in [9.17, 15) is 9.90 Å². The number of aromatic carboxylic acids is 1. The number of thioether (sulfide) groups is 1. The molecule has 0 spiro atoms. The molecule has 2 rings (SSSR count). The molecule has 0 saturated heterocycles. The molecule has 0 unspecified atom stereocenters. The highest BCUT2D eigenvalue weighted by Gasteiger charge is 2.12. The Bertz CT molecular complexity index is 579. The van der Waals surface area contributed by atoms with Gasteiger partial charge < -0.3 is 5.11 Å². The van der Waals surface area contributed by atoms with Gasteiger partial charge in [0, 0.05) is 9.92 Å². The van der Waals surface area contributed by atoms with Gasteiger partial charge in [0.2, 0.25) is 0 Å². The lowest BCUT2D eigenvalue weighted by Crippen LogP contribution is -1.99. The topological polar surface area (TPSA) is 37.3 Å². The molecule has 0 radical (unpaired) electrons. The second-order valence-electron chi connectivity index (χ2n) is 3.72. The summed E-state index contributed by atoms with van der Waals surface area (Å²) in [6.07, 6.45) is 2.00. The van der Waals surface area contributed by atoms with Crippen molar-refractivity contribution in [3.63, 3.8) is 0 Å². The number of carbonyl (C=O) groups is 1. The van der Waals surface area contributed by atoms with Gasteiger partial charge in [-0.15, -0.1) is 11.8 Å². The zero-order chi connectivity index (χ0) is 13.1. The monoisotopic (exact) mass is 278 g/mol.